The van der Waals surface area contributed by atoms with Gasteiger partial charge in [0.2, 0.25) is 0 Å². The van der Waals surface area contributed by atoms with E-state index in [-0.39, 0.29) is 0 Å². The number of rotatable bonds is 5. The summed E-state index contributed by atoms with van der Waals surface area (Å²) in [6.45, 7) is 0. The summed E-state index contributed by atoms with van der Waals surface area (Å²) in [6.07, 6.45) is 3.40. The van der Waals surface area contributed by atoms with E-state index in [9.17, 15) is 0 Å². The zero-order chi connectivity index (χ0) is 18.8. The average molecular weight is 443 g/mol. The van der Waals surface area contributed by atoms with Crippen LogP contribution in [0.4, 0.5) is 0 Å². The lowest BCUT2D eigenvalue weighted by molar-refractivity contribution is 0.409. The lowest BCUT2D eigenvalue weighted by atomic mass is 10.1. The SMILES string of the molecule is COc1ccccc1CCc1cc(-c2ccccc2Cl)nc2c(Br)cnn12. The van der Waals surface area contributed by atoms with Crippen LogP contribution in [0.5, 0.6) is 5.75 Å². The first-order valence-corrected chi connectivity index (χ1v) is 9.74. The maximum atomic E-state index is 6.40. The summed E-state index contributed by atoms with van der Waals surface area (Å²) < 4.78 is 8.21. The van der Waals surface area contributed by atoms with Gasteiger partial charge in [0.25, 0.3) is 0 Å². The summed E-state index contributed by atoms with van der Waals surface area (Å²) >= 11 is 9.94. The van der Waals surface area contributed by atoms with E-state index >= 15 is 0 Å². The van der Waals surface area contributed by atoms with Crippen molar-refractivity contribution in [2.75, 3.05) is 7.11 Å². The van der Waals surface area contributed by atoms with Crippen LogP contribution in [0, 0.1) is 0 Å². The Hall–Kier alpha value is -2.37. The molecule has 0 N–H and O–H groups in total. The molecule has 4 rings (SSSR count). The quantitative estimate of drug-likeness (QED) is 0.403. The van der Waals surface area contributed by atoms with Crippen LogP contribution in [0.2, 0.25) is 5.02 Å². The second-order valence-corrected chi connectivity index (χ2v) is 7.41. The molecule has 0 amide bonds. The molecule has 4 nitrogen and oxygen atoms in total. The van der Waals surface area contributed by atoms with E-state index in [0.717, 1.165) is 51.2 Å². The second kappa shape index (κ2) is 7.71. The molecule has 0 radical (unpaired) electrons. The van der Waals surface area contributed by atoms with Gasteiger partial charge in [-0.1, -0.05) is 48.0 Å². The molecule has 0 fully saturated rings. The van der Waals surface area contributed by atoms with Gasteiger partial charge in [-0.05, 0) is 52.5 Å². The number of hydrogen-bond donors (Lipinski definition) is 0. The largest absolute Gasteiger partial charge is 0.496 e. The first-order chi connectivity index (χ1) is 13.2. The highest BCUT2D eigenvalue weighted by Gasteiger charge is 2.14. The molecule has 6 heteroatoms. The molecular weight excluding hydrogens is 426 g/mol. The number of nitrogens with zero attached hydrogens (tertiary/aromatic N) is 3. The molecule has 0 bridgehead atoms. The van der Waals surface area contributed by atoms with Crippen LogP contribution in [0.3, 0.4) is 0 Å². The third-order valence-corrected chi connectivity index (χ3v) is 5.38. The fourth-order valence-electron chi connectivity index (χ4n) is 3.16. The molecule has 0 unspecified atom stereocenters. The van der Waals surface area contributed by atoms with E-state index in [1.807, 2.05) is 47.0 Å². The molecule has 2 aromatic heterocycles. The second-order valence-electron chi connectivity index (χ2n) is 6.15. The molecule has 4 aromatic rings. The van der Waals surface area contributed by atoms with Crippen LogP contribution >= 0.6 is 27.5 Å². The monoisotopic (exact) mass is 441 g/mol. The molecule has 0 aliphatic heterocycles. The van der Waals surface area contributed by atoms with Gasteiger partial charge in [-0.25, -0.2) is 9.50 Å². The summed E-state index contributed by atoms with van der Waals surface area (Å²) in [6, 6.07) is 17.9. The minimum Gasteiger partial charge on any atom is -0.496 e. The van der Waals surface area contributed by atoms with Gasteiger partial charge in [-0.2, -0.15) is 5.10 Å². The first-order valence-electron chi connectivity index (χ1n) is 8.57. The fraction of sp³-hybridized carbons (Fsp3) is 0.143. The zero-order valence-corrected chi connectivity index (χ0v) is 17.0. The lowest BCUT2D eigenvalue weighted by Gasteiger charge is -2.11. The van der Waals surface area contributed by atoms with Crippen LogP contribution < -0.4 is 4.74 Å². The van der Waals surface area contributed by atoms with E-state index in [4.69, 9.17) is 21.3 Å². The average Bonchev–Trinajstić information content (AvgIpc) is 3.07. The highest BCUT2D eigenvalue weighted by molar-refractivity contribution is 9.10. The highest BCUT2D eigenvalue weighted by Crippen LogP contribution is 2.29. The van der Waals surface area contributed by atoms with Crippen LogP contribution in [0.25, 0.3) is 16.9 Å². The lowest BCUT2D eigenvalue weighted by Crippen LogP contribution is -2.04. The molecule has 0 aliphatic rings. The van der Waals surface area contributed by atoms with Gasteiger partial charge in [-0.3, -0.25) is 0 Å². The van der Waals surface area contributed by atoms with Gasteiger partial charge in [0, 0.05) is 16.3 Å². The van der Waals surface area contributed by atoms with Gasteiger partial charge >= 0.3 is 0 Å². The van der Waals surface area contributed by atoms with Gasteiger partial charge in [0.05, 0.1) is 23.5 Å². The molecule has 0 aliphatic carbocycles. The maximum Gasteiger partial charge on any atom is 0.170 e. The van der Waals surface area contributed by atoms with Gasteiger partial charge in [0.1, 0.15) is 5.75 Å². The van der Waals surface area contributed by atoms with Crippen molar-refractivity contribution < 1.29 is 4.74 Å². The van der Waals surface area contributed by atoms with Crippen molar-refractivity contribution in [1.82, 2.24) is 14.6 Å². The Morgan fingerprint density at radius 3 is 2.67 bits per heavy atom. The summed E-state index contributed by atoms with van der Waals surface area (Å²) in [5.74, 6) is 0.899. The van der Waals surface area contributed by atoms with E-state index < -0.39 is 0 Å². The molecule has 0 atom stereocenters. The number of halogens is 2. The van der Waals surface area contributed by atoms with E-state index in [0.29, 0.717) is 5.02 Å². The van der Waals surface area contributed by atoms with Crippen molar-refractivity contribution in [3.8, 4) is 17.0 Å². The molecule has 2 heterocycles. The Morgan fingerprint density at radius 1 is 1.07 bits per heavy atom. The summed E-state index contributed by atoms with van der Waals surface area (Å²) in [4.78, 5) is 4.76. The van der Waals surface area contributed by atoms with Crippen molar-refractivity contribution in [2.45, 2.75) is 12.8 Å². The Morgan fingerprint density at radius 2 is 1.85 bits per heavy atom. The molecular formula is C21H17BrClN3O. The van der Waals surface area contributed by atoms with E-state index in [1.54, 1.807) is 13.3 Å². The standard InChI is InChI=1S/C21H17BrClN3O/c1-27-20-9-5-2-6-14(20)10-11-15-12-19(16-7-3-4-8-18(16)23)25-21-17(22)13-24-26(15)21/h2-9,12-13H,10-11H2,1H3. The molecule has 0 saturated carbocycles. The van der Waals surface area contributed by atoms with Crippen molar-refractivity contribution in [3.63, 3.8) is 0 Å². The maximum absolute atomic E-state index is 6.40. The van der Waals surface area contributed by atoms with E-state index in [2.05, 4.69) is 33.2 Å². The normalized spacial score (nSPS) is 11.1. The Kier molecular flexibility index (Phi) is 5.14. The summed E-state index contributed by atoms with van der Waals surface area (Å²) in [5, 5.41) is 5.15. The van der Waals surface area contributed by atoms with Crippen molar-refractivity contribution in [3.05, 3.63) is 81.5 Å². The fourth-order valence-corrected chi connectivity index (χ4v) is 3.74. The van der Waals surface area contributed by atoms with Crippen LogP contribution in [-0.4, -0.2) is 21.7 Å². The number of para-hydroxylation sites is 1. The molecule has 0 spiro atoms. The number of methoxy groups -OCH3 is 1. The van der Waals surface area contributed by atoms with Crippen molar-refractivity contribution >= 4 is 33.2 Å². The minimum atomic E-state index is 0.681. The molecule has 2 aromatic carbocycles. The Labute approximate surface area is 170 Å². The number of aromatic nitrogens is 3. The Bertz CT molecular complexity index is 1110. The zero-order valence-electron chi connectivity index (χ0n) is 14.7. The number of ether oxygens (including phenoxy) is 1. The highest BCUT2D eigenvalue weighted by atomic mass is 79.9. The number of aryl methyl sites for hydroxylation is 2. The molecule has 136 valence electrons. The van der Waals surface area contributed by atoms with Crippen LogP contribution in [0.1, 0.15) is 11.3 Å². The van der Waals surface area contributed by atoms with E-state index in [1.165, 1.54) is 0 Å². The third-order valence-electron chi connectivity index (χ3n) is 4.50. The van der Waals surface area contributed by atoms with Gasteiger partial charge in [-0.15, -0.1) is 0 Å². The van der Waals surface area contributed by atoms with Crippen molar-refractivity contribution in [1.29, 1.82) is 0 Å². The summed E-state index contributed by atoms with van der Waals surface area (Å²) in [7, 11) is 1.70. The molecule has 0 saturated heterocycles. The molecule has 27 heavy (non-hydrogen) atoms. The first kappa shape index (κ1) is 18.0. The van der Waals surface area contributed by atoms with Crippen LogP contribution in [-0.2, 0) is 12.8 Å². The smallest absolute Gasteiger partial charge is 0.170 e. The van der Waals surface area contributed by atoms with Crippen molar-refractivity contribution in [2.24, 2.45) is 0 Å². The third kappa shape index (κ3) is 3.57. The number of hydrogen-bond acceptors (Lipinski definition) is 3. The summed E-state index contributed by atoms with van der Waals surface area (Å²) in [5.41, 5.74) is 4.75. The Balaban J connectivity index is 1.76. The number of benzene rings is 2. The topological polar surface area (TPSA) is 39.4 Å². The van der Waals surface area contributed by atoms with Gasteiger partial charge in [0.15, 0.2) is 5.65 Å². The van der Waals surface area contributed by atoms with Gasteiger partial charge < -0.3 is 4.74 Å². The van der Waals surface area contributed by atoms with Crippen LogP contribution in [0.15, 0.2) is 65.3 Å². The predicted molar refractivity (Wildman–Crippen MR) is 112 cm³/mol. The number of fused-ring (bicyclic) bond motifs is 1. The predicted octanol–water partition coefficient (Wildman–Crippen LogP) is 5.61. The minimum absolute atomic E-state index is 0.681.